The molecule has 0 aliphatic rings. The van der Waals surface area contributed by atoms with Crippen molar-refractivity contribution in [3.63, 3.8) is 0 Å². The van der Waals surface area contributed by atoms with E-state index in [0.717, 1.165) is 10.5 Å². The fourth-order valence-corrected chi connectivity index (χ4v) is 3.13. The monoisotopic (exact) mass is 319 g/mol. The molecule has 0 N–H and O–H groups in total. The Hall–Kier alpha value is -1.45. The van der Waals surface area contributed by atoms with Crippen LogP contribution in [0.1, 0.15) is 12.5 Å². The van der Waals surface area contributed by atoms with Crippen molar-refractivity contribution in [1.29, 1.82) is 0 Å². The van der Waals surface area contributed by atoms with Crippen LogP contribution in [0.3, 0.4) is 0 Å². The zero-order chi connectivity index (χ0) is 15.2. The van der Waals surface area contributed by atoms with Gasteiger partial charge in [0.2, 0.25) is 5.91 Å². The van der Waals surface area contributed by atoms with Gasteiger partial charge < -0.3 is 4.90 Å². The van der Waals surface area contributed by atoms with E-state index in [4.69, 9.17) is 11.6 Å². The van der Waals surface area contributed by atoms with E-state index in [1.807, 2.05) is 68.6 Å². The first-order valence-corrected chi connectivity index (χ1v) is 8.03. The first kappa shape index (κ1) is 15.9. The number of rotatable bonds is 5. The van der Waals surface area contributed by atoms with E-state index < -0.39 is 0 Å². The number of carbonyl (C=O) groups is 1. The quantitative estimate of drug-likeness (QED) is 0.757. The topological polar surface area (TPSA) is 20.3 Å². The van der Waals surface area contributed by atoms with Crippen molar-refractivity contribution >= 4 is 29.3 Å². The molecule has 0 radical (unpaired) electrons. The van der Waals surface area contributed by atoms with Crippen LogP contribution in [-0.4, -0.2) is 23.1 Å². The molecule has 4 heteroatoms. The molecular weight excluding hydrogens is 302 g/mol. The van der Waals surface area contributed by atoms with Gasteiger partial charge in [0.15, 0.2) is 0 Å². The number of benzene rings is 2. The summed E-state index contributed by atoms with van der Waals surface area (Å²) in [5, 5.41) is 0.602. The van der Waals surface area contributed by atoms with Gasteiger partial charge in [0.25, 0.3) is 0 Å². The fraction of sp³-hybridized carbons (Fsp3) is 0.235. The average Bonchev–Trinajstić information content (AvgIpc) is 2.49. The van der Waals surface area contributed by atoms with E-state index in [2.05, 4.69) is 0 Å². The van der Waals surface area contributed by atoms with Crippen molar-refractivity contribution in [3.05, 3.63) is 65.2 Å². The second kappa shape index (κ2) is 7.53. The molecule has 0 saturated carbocycles. The number of thioether (sulfide) groups is 1. The Kier molecular flexibility index (Phi) is 5.71. The molecule has 2 rings (SSSR count). The van der Waals surface area contributed by atoms with Crippen LogP contribution in [0.15, 0.2) is 59.5 Å². The Balaban J connectivity index is 1.93. The van der Waals surface area contributed by atoms with Gasteiger partial charge in [-0.05, 0) is 36.8 Å². The van der Waals surface area contributed by atoms with E-state index in [1.54, 1.807) is 16.7 Å². The zero-order valence-electron chi connectivity index (χ0n) is 12.1. The van der Waals surface area contributed by atoms with Crippen LogP contribution in [0.2, 0.25) is 5.02 Å². The molecule has 0 aromatic heterocycles. The molecule has 2 nitrogen and oxygen atoms in total. The molecule has 1 atom stereocenters. The normalized spacial score (nSPS) is 12.0. The molecule has 110 valence electrons. The molecular formula is C17H18ClNOS. The molecule has 0 unspecified atom stereocenters. The van der Waals surface area contributed by atoms with Crippen molar-refractivity contribution in [1.82, 2.24) is 4.90 Å². The van der Waals surface area contributed by atoms with E-state index in [-0.39, 0.29) is 11.2 Å². The number of carbonyl (C=O) groups excluding carboxylic acids is 1. The van der Waals surface area contributed by atoms with Gasteiger partial charge in [0.05, 0.1) is 5.25 Å². The van der Waals surface area contributed by atoms with Crippen molar-refractivity contribution in [3.8, 4) is 0 Å². The predicted octanol–water partition coefficient (Wildman–Crippen LogP) is 4.48. The smallest absolute Gasteiger partial charge is 0.235 e. The maximum atomic E-state index is 12.4. The van der Waals surface area contributed by atoms with Gasteiger partial charge in [-0.3, -0.25) is 4.79 Å². The maximum Gasteiger partial charge on any atom is 0.235 e. The van der Waals surface area contributed by atoms with Gasteiger partial charge in [-0.1, -0.05) is 41.9 Å². The molecule has 2 aromatic rings. The zero-order valence-corrected chi connectivity index (χ0v) is 13.7. The standard InChI is InChI=1S/C17H18ClNOS/c1-13(21-16-6-4-3-5-7-16)17(20)19(2)12-14-8-10-15(18)11-9-14/h3-11,13H,12H2,1-2H3/t13-/m1/s1. The molecule has 0 bridgehead atoms. The van der Waals surface area contributed by atoms with Gasteiger partial charge in [-0.25, -0.2) is 0 Å². The van der Waals surface area contributed by atoms with Crippen LogP contribution in [0.4, 0.5) is 0 Å². The molecule has 0 spiro atoms. The molecule has 2 aromatic carbocycles. The third-order valence-electron chi connectivity index (χ3n) is 3.11. The van der Waals surface area contributed by atoms with Gasteiger partial charge in [-0.2, -0.15) is 0 Å². The minimum absolute atomic E-state index is 0.107. The number of hydrogen-bond donors (Lipinski definition) is 0. The van der Waals surface area contributed by atoms with Crippen LogP contribution < -0.4 is 0 Å². The van der Waals surface area contributed by atoms with Crippen LogP contribution in [-0.2, 0) is 11.3 Å². The average molecular weight is 320 g/mol. The van der Waals surface area contributed by atoms with Crippen molar-refractivity contribution < 1.29 is 4.79 Å². The highest BCUT2D eigenvalue weighted by atomic mass is 35.5. The summed E-state index contributed by atoms with van der Waals surface area (Å²) in [6, 6.07) is 17.6. The predicted molar refractivity (Wildman–Crippen MR) is 89.7 cm³/mol. The van der Waals surface area contributed by atoms with Crippen LogP contribution >= 0.6 is 23.4 Å². The third-order valence-corrected chi connectivity index (χ3v) is 4.46. The van der Waals surface area contributed by atoms with Crippen molar-refractivity contribution in [2.45, 2.75) is 23.6 Å². The summed E-state index contributed by atoms with van der Waals surface area (Å²) in [6.45, 7) is 2.54. The van der Waals surface area contributed by atoms with E-state index in [0.29, 0.717) is 11.6 Å². The lowest BCUT2D eigenvalue weighted by Gasteiger charge is -2.21. The highest BCUT2D eigenvalue weighted by Crippen LogP contribution is 2.24. The second-order valence-corrected chi connectivity index (χ2v) is 6.74. The summed E-state index contributed by atoms with van der Waals surface area (Å²) in [6.07, 6.45) is 0. The lowest BCUT2D eigenvalue weighted by molar-refractivity contribution is -0.129. The second-order valence-electron chi connectivity index (χ2n) is 4.89. The first-order chi connectivity index (χ1) is 10.1. The first-order valence-electron chi connectivity index (χ1n) is 6.77. The largest absolute Gasteiger partial charge is 0.340 e. The molecule has 0 aliphatic carbocycles. The van der Waals surface area contributed by atoms with Gasteiger partial charge >= 0.3 is 0 Å². The van der Waals surface area contributed by atoms with Gasteiger partial charge in [0, 0.05) is 23.5 Å². The van der Waals surface area contributed by atoms with Gasteiger partial charge in [-0.15, -0.1) is 11.8 Å². The Morgan fingerprint density at radius 2 is 1.76 bits per heavy atom. The minimum Gasteiger partial charge on any atom is -0.340 e. The van der Waals surface area contributed by atoms with Crippen molar-refractivity contribution in [2.75, 3.05) is 7.05 Å². The molecule has 0 saturated heterocycles. The summed E-state index contributed by atoms with van der Waals surface area (Å²) < 4.78 is 0. The molecule has 21 heavy (non-hydrogen) atoms. The van der Waals surface area contributed by atoms with E-state index >= 15 is 0 Å². The maximum absolute atomic E-state index is 12.4. The number of hydrogen-bond acceptors (Lipinski definition) is 2. The molecule has 0 heterocycles. The Labute approximate surface area is 135 Å². The molecule has 1 amide bonds. The van der Waals surface area contributed by atoms with E-state index in [1.165, 1.54) is 0 Å². The summed E-state index contributed by atoms with van der Waals surface area (Å²) in [5.74, 6) is 0.124. The summed E-state index contributed by atoms with van der Waals surface area (Å²) in [4.78, 5) is 15.3. The highest BCUT2D eigenvalue weighted by Gasteiger charge is 2.18. The van der Waals surface area contributed by atoms with Crippen LogP contribution in [0, 0.1) is 0 Å². The van der Waals surface area contributed by atoms with Gasteiger partial charge in [0.1, 0.15) is 0 Å². The number of nitrogens with zero attached hydrogens (tertiary/aromatic N) is 1. The summed E-state index contributed by atoms with van der Waals surface area (Å²) in [7, 11) is 1.83. The van der Waals surface area contributed by atoms with Crippen molar-refractivity contribution in [2.24, 2.45) is 0 Å². The SMILES string of the molecule is C[C@@H](Sc1ccccc1)C(=O)N(C)Cc1ccc(Cl)cc1. The Morgan fingerprint density at radius 3 is 2.38 bits per heavy atom. The van der Waals surface area contributed by atoms with Crippen LogP contribution in [0.5, 0.6) is 0 Å². The number of halogens is 1. The lowest BCUT2D eigenvalue weighted by atomic mass is 10.2. The van der Waals surface area contributed by atoms with Crippen LogP contribution in [0.25, 0.3) is 0 Å². The van der Waals surface area contributed by atoms with E-state index in [9.17, 15) is 4.79 Å². The number of amides is 1. The summed E-state index contributed by atoms with van der Waals surface area (Å²) >= 11 is 7.45. The highest BCUT2D eigenvalue weighted by molar-refractivity contribution is 8.00. The Morgan fingerprint density at radius 1 is 1.14 bits per heavy atom. The fourth-order valence-electron chi connectivity index (χ4n) is 2.01. The minimum atomic E-state index is -0.107. The molecule has 0 aliphatic heterocycles. The molecule has 0 fully saturated rings. The summed E-state index contributed by atoms with van der Waals surface area (Å²) in [5.41, 5.74) is 1.08. The Bertz CT molecular complexity index is 585. The lowest BCUT2D eigenvalue weighted by Crippen LogP contribution is -2.32. The third kappa shape index (κ3) is 4.80.